The lowest BCUT2D eigenvalue weighted by Gasteiger charge is -2.30. The molecular formula is C19H25ClN2. The van der Waals surface area contributed by atoms with Crippen molar-refractivity contribution in [2.45, 2.75) is 13.1 Å². The van der Waals surface area contributed by atoms with Crippen LogP contribution in [0.2, 0.25) is 0 Å². The molecule has 0 saturated heterocycles. The Morgan fingerprint density at radius 3 is 2.05 bits per heavy atom. The molecule has 0 heterocycles. The van der Waals surface area contributed by atoms with Gasteiger partial charge < -0.3 is 17.7 Å². The van der Waals surface area contributed by atoms with Crippen molar-refractivity contribution in [2.75, 3.05) is 20.1 Å². The molecule has 2 rings (SSSR count). The zero-order valence-electron chi connectivity index (χ0n) is 13.2. The van der Waals surface area contributed by atoms with Gasteiger partial charge in [0.2, 0.25) is 0 Å². The van der Waals surface area contributed by atoms with Crippen molar-refractivity contribution in [1.82, 2.24) is 5.32 Å². The first-order chi connectivity index (χ1) is 10.2. The van der Waals surface area contributed by atoms with E-state index in [4.69, 9.17) is 0 Å². The molecule has 0 aliphatic carbocycles. The number of hydrogen-bond acceptors (Lipinski definition) is 1. The first-order valence-corrected chi connectivity index (χ1v) is 7.48. The maximum atomic E-state index is 4.01. The smallest absolute Gasteiger partial charge is 0.108 e. The average molecular weight is 317 g/mol. The van der Waals surface area contributed by atoms with Gasteiger partial charge in [0.05, 0.1) is 19.8 Å². The Morgan fingerprint density at radius 1 is 0.955 bits per heavy atom. The highest BCUT2D eigenvalue weighted by atomic mass is 35.5. The van der Waals surface area contributed by atoms with E-state index in [1.807, 2.05) is 6.20 Å². The predicted molar refractivity (Wildman–Crippen MR) is 89.5 cm³/mol. The van der Waals surface area contributed by atoms with Crippen LogP contribution in [0.15, 0.2) is 73.4 Å². The number of likely N-dealkylation sites (N-methyl/N-ethyl adjacent to an activating group) is 1. The number of halogens is 1. The third kappa shape index (κ3) is 6.02. The Morgan fingerprint density at radius 2 is 1.50 bits per heavy atom. The normalized spacial score (nSPS) is 13.0. The summed E-state index contributed by atoms with van der Waals surface area (Å²) in [7, 11) is 2.23. The maximum absolute atomic E-state index is 4.01. The third-order valence-corrected chi connectivity index (χ3v) is 3.80. The van der Waals surface area contributed by atoms with Gasteiger partial charge in [-0.2, -0.15) is 0 Å². The Kier molecular flexibility index (Phi) is 7.89. The summed E-state index contributed by atoms with van der Waals surface area (Å²) in [5, 5.41) is 3.51. The largest absolute Gasteiger partial charge is 1.00 e. The number of nitrogens with one attached hydrogen (secondary N) is 1. The van der Waals surface area contributed by atoms with Crippen LogP contribution in [-0.2, 0) is 13.1 Å². The summed E-state index contributed by atoms with van der Waals surface area (Å²) in [6.07, 6.45) is 2.04. The number of nitrogens with zero attached hydrogens (tertiary/aromatic N) is 1. The molecule has 0 radical (unpaired) electrons. The molecule has 2 nitrogen and oxygen atoms in total. The summed E-state index contributed by atoms with van der Waals surface area (Å²) in [5.74, 6) is 0. The molecule has 1 atom stereocenters. The lowest BCUT2D eigenvalue weighted by atomic mass is 10.2. The molecule has 0 spiro atoms. The number of rotatable bonds is 8. The third-order valence-electron chi connectivity index (χ3n) is 3.80. The van der Waals surface area contributed by atoms with E-state index < -0.39 is 0 Å². The van der Waals surface area contributed by atoms with Crippen LogP contribution in [-0.4, -0.2) is 24.6 Å². The molecule has 0 aliphatic rings. The van der Waals surface area contributed by atoms with E-state index in [1.54, 1.807) is 0 Å². The summed E-state index contributed by atoms with van der Waals surface area (Å²) < 4.78 is 0.839. The lowest BCUT2D eigenvalue weighted by molar-refractivity contribution is -0.871. The SMILES string of the molecule is C=C[N+](C)(CCNCc1ccccc1)Cc1ccccc1.[Cl-]. The maximum Gasteiger partial charge on any atom is 0.108 e. The van der Waals surface area contributed by atoms with Crippen molar-refractivity contribution in [3.63, 3.8) is 0 Å². The predicted octanol–water partition coefficient (Wildman–Crippen LogP) is 0.571. The molecule has 0 aliphatic heterocycles. The van der Waals surface area contributed by atoms with E-state index in [2.05, 4.69) is 79.6 Å². The summed E-state index contributed by atoms with van der Waals surface area (Å²) in [6.45, 7) is 7.92. The van der Waals surface area contributed by atoms with Crippen molar-refractivity contribution in [3.8, 4) is 0 Å². The van der Waals surface area contributed by atoms with Gasteiger partial charge in [0.25, 0.3) is 0 Å². The van der Waals surface area contributed by atoms with Crippen LogP contribution < -0.4 is 17.7 Å². The second kappa shape index (κ2) is 9.42. The molecule has 3 heteroatoms. The Bertz CT molecular complexity index is 542. The van der Waals surface area contributed by atoms with Crippen LogP contribution in [0.25, 0.3) is 0 Å². The van der Waals surface area contributed by atoms with Crippen LogP contribution in [0.5, 0.6) is 0 Å². The van der Waals surface area contributed by atoms with Crippen molar-refractivity contribution >= 4 is 0 Å². The first kappa shape index (κ1) is 18.4. The Hall–Kier alpha value is -1.61. The Labute approximate surface area is 140 Å². The fraction of sp³-hybridized carbons (Fsp3) is 0.263. The Balaban J connectivity index is 0.00000242. The van der Waals surface area contributed by atoms with E-state index in [0.29, 0.717) is 0 Å². The molecule has 1 unspecified atom stereocenters. The van der Waals surface area contributed by atoms with E-state index in [-0.39, 0.29) is 12.4 Å². The standard InChI is InChI=1S/C19H25N2.ClH/c1-3-21(2,17-19-12-8-5-9-13-19)15-14-20-16-18-10-6-4-7-11-18;/h3-13,20H,1,14-17H2,2H3;1H/q+1;/p-1. The highest BCUT2D eigenvalue weighted by molar-refractivity contribution is 5.14. The number of quaternary nitrogens is 1. The lowest BCUT2D eigenvalue weighted by Crippen LogP contribution is -3.00. The highest BCUT2D eigenvalue weighted by Crippen LogP contribution is 2.11. The first-order valence-electron chi connectivity index (χ1n) is 7.48. The molecule has 1 N–H and O–H groups in total. The molecule has 22 heavy (non-hydrogen) atoms. The van der Waals surface area contributed by atoms with Gasteiger partial charge in [0.1, 0.15) is 6.54 Å². The van der Waals surface area contributed by atoms with Crippen molar-refractivity contribution in [1.29, 1.82) is 0 Å². The van der Waals surface area contributed by atoms with E-state index in [0.717, 1.165) is 30.7 Å². The van der Waals surface area contributed by atoms with Crippen molar-refractivity contribution < 1.29 is 16.9 Å². The minimum absolute atomic E-state index is 0. The van der Waals surface area contributed by atoms with Crippen LogP contribution in [0.1, 0.15) is 11.1 Å². The van der Waals surface area contributed by atoms with Gasteiger partial charge in [-0.25, -0.2) is 0 Å². The second-order valence-electron chi connectivity index (χ2n) is 5.69. The van der Waals surface area contributed by atoms with Crippen LogP contribution >= 0.6 is 0 Å². The van der Waals surface area contributed by atoms with E-state index in [9.17, 15) is 0 Å². The fourth-order valence-corrected chi connectivity index (χ4v) is 2.40. The molecule has 0 fully saturated rings. The fourth-order valence-electron chi connectivity index (χ4n) is 2.40. The van der Waals surface area contributed by atoms with Gasteiger partial charge in [0, 0.05) is 18.7 Å². The quantitative estimate of drug-likeness (QED) is 0.555. The molecular weight excluding hydrogens is 292 g/mol. The van der Waals surface area contributed by atoms with Crippen LogP contribution in [0.4, 0.5) is 0 Å². The van der Waals surface area contributed by atoms with Gasteiger partial charge in [-0.05, 0) is 12.1 Å². The van der Waals surface area contributed by atoms with E-state index >= 15 is 0 Å². The minimum atomic E-state index is 0. The molecule has 0 bridgehead atoms. The van der Waals surface area contributed by atoms with Crippen LogP contribution in [0, 0.1) is 0 Å². The molecule has 0 amide bonds. The van der Waals surface area contributed by atoms with Gasteiger partial charge >= 0.3 is 0 Å². The second-order valence-corrected chi connectivity index (χ2v) is 5.69. The van der Waals surface area contributed by atoms with Crippen molar-refractivity contribution in [2.24, 2.45) is 0 Å². The highest BCUT2D eigenvalue weighted by Gasteiger charge is 2.17. The van der Waals surface area contributed by atoms with Crippen LogP contribution in [0.3, 0.4) is 0 Å². The monoisotopic (exact) mass is 316 g/mol. The minimum Gasteiger partial charge on any atom is -1.00 e. The number of benzene rings is 2. The zero-order valence-corrected chi connectivity index (χ0v) is 14.0. The molecule has 0 saturated carbocycles. The summed E-state index contributed by atoms with van der Waals surface area (Å²) >= 11 is 0. The molecule has 0 aromatic heterocycles. The number of hydrogen-bond donors (Lipinski definition) is 1. The summed E-state index contributed by atoms with van der Waals surface area (Å²) in [6, 6.07) is 21.1. The summed E-state index contributed by atoms with van der Waals surface area (Å²) in [5.41, 5.74) is 2.68. The van der Waals surface area contributed by atoms with Gasteiger partial charge in [0.15, 0.2) is 0 Å². The van der Waals surface area contributed by atoms with Gasteiger partial charge in [-0.3, -0.25) is 4.48 Å². The topological polar surface area (TPSA) is 12.0 Å². The molecule has 2 aromatic rings. The van der Waals surface area contributed by atoms with Gasteiger partial charge in [-0.15, -0.1) is 0 Å². The molecule has 2 aromatic carbocycles. The van der Waals surface area contributed by atoms with Gasteiger partial charge in [-0.1, -0.05) is 60.7 Å². The summed E-state index contributed by atoms with van der Waals surface area (Å²) in [4.78, 5) is 0. The zero-order chi connectivity index (χ0) is 15.0. The molecule has 118 valence electrons. The van der Waals surface area contributed by atoms with Crippen molar-refractivity contribution in [3.05, 3.63) is 84.6 Å². The average Bonchev–Trinajstić information content (AvgIpc) is 2.54. The van der Waals surface area contributed by atoms with E-state index in [1.165, 1.54) is 11.1 Å².